The molecule has 0 fully saturated rings. The highest BCUT2D eigenvalue weighted by Crippen LogP contribution is 2.18. The van der Waals surface area contributed by atoms with Gasteiger partial charge in [0.1, 0.15) is 0 Å². The smallest absolute Gasteiger partial charge is 0.222 e. The van der Waals surface area contributed by atoms with E-state index in [1.54, 1.807) is 16.2 Å². The lowest BCUT2D eigenvalue weighted by molar-refractivity contribution is -0.130. The summed E-state index contributed by atoms with van der Waals surface area (Å²) in [5, 5.41) is 2.07. The molecule has 2 aromatic rings. The third-order valence-corrected chi connectivity index (χ3v) is 4.39. The van der Waals surface area contributed by atoms with E-state index in [0.717, 1.165) is 17.7 Å². The van der Waals surface area contributed by atoms with Crippen LogP contribution in [0.1, 0.15) is 22.4 Å². The Kier molecular flexibility index (Phi) is 4.79. The highest BCUT2D eigenvalue weighted by molar-refractivity contribution is 7.10. The molecule has 106 valence electrons. The number of rotatable bonds is 5. The summed E-state index contributed by atoms with van der Waals surface area (Å²) in [6.07, 6.45) is 1.29. The molecule has 1 amide bonds. The molecule has 0 saturated heterocycles. The molecule has 0 atom stereocenters. The van der Waals surface area contributed by atoms with E-state index in [1.807, 2.05) is 31.3 Å². The highest BCUT2D eigenvalue weighted by Gasteiger charge is 2.11. The normalized spacial score (nSPS) is 10.5. The lowest BCUT2D eigenvalue weighted by Crippen LogP contribution is -2.26. The maximum atomic E-state index is 12.1. The second kappa shape index (κ2) is 6.57. The van der Waals surface area contributed by atoms with Crippen molar-refractivity contribution < 1.29 is 4.79 Å². The summed E-state index contributed by atoms with van der Waals surface area (Å²) >= 11 is 1.70. The predicted octanol–water partition coefficient (Wildman–Crippen LogP) is 3.23. The summed E-state index contributed by atoms with van der Waals surface area (Å²) in [5.41, 5.74) is 8.81. The third kappa shape index (κ3) is 3.84. The van der Waals surface area contributed by atoms with Crippen LogP contribution in [0, 0.1) is 6.92 Å². The molecule has 3 nitrogen and oxygen atoms in total. The van der Waals surface area contributed by atoms with Gasteiger partial charge in [0, 0.05) is 24.0 Å². The van der Waals surface area contributed by atoms with Crippen LogP contribution in [0.4, 0.5) is 5.69 Å². The summed E-state index contributed by atoms with van der Waals surface area (Å²) in [4.78, 5) is 15.2. The molecule has 20 heavy (non-hydrogen) atoms. The van der Waals surface area contributed by atoms with E-state index >= 15 is 0 Å². The van der Waals surface area contributed by atoms with Crippen LogP contribution < -0.4 is 5.73 Å². The minimum absolute atomic E-state index is 0.176. The van der Waals surface area contributed by atoms with Crippen LogP contribution in [-0.2, 0) is 17.8 Å². The molecule has 4 heteroatoms. The number of nitrogens with two attached hydrogens (primary N) is 1. The zero-order chi connectivity index (χ0) is 14.5. The van der Waals surface area contributed by atoms with Crippen LogP contribution in [0.2, 0.25) is 0 Å². The first-order valence-electron chi connectivity index (χ1n) is 6.67. The Morgan fingerprint density at radius 1 is 1.25 bits per heavy atom. The van der Waals surface area contributed by atoms with Crippen LogP contribution in [0.5, 0.6) is 0 Å². The third-order valence-electron chi connectivity index (χ3n) is 3.38. The SMILES string of the molecule is Cc1ccsc1CN(C)C(=O)CCc1ccc(N)cc1. The Bertz CT molecular complexity index is 574. The van der Waals surface area contributed by atoms with Gasteiger partial charge >= 0.3 is 0 Å². The van der Waals surface area contributed by atoms with E-state index in [1.165, 1.54) is 10.4 Å². The minimum Gasteiger partial charge on any atom is -0.399 e. The van der Waals surface area contributed by atoms with Gasteiger partial charge in [-0.2, -0.15) is 0 Å². The number of carbonyl (C=O) groups is 1. The Morgan fingerprint density at radius 2 is 1.95 bits per heavy atom. The number of anilines is 1. The standard InChI is InChI=1S/C16H20N2OS/c1-12-9-10-20-15(12)11-18(2)16(19)8-5-13-3-6-14(17)7-4-13/h3-4,6-7,9-10H,5,8,11,17H2,1-2H3. The van der Waals surface area contributed by atoms with Crippen molar-refractivity contribution in [3.8, 4) is 0 Å². The quantitative estimate of drug-likeness (QED) is 0.859. The molecule has 2 rings (SSSR count). The number of carbonyl (C=O) groups excluding carboxylic acids is 1. The predicted molar refractivity (Wildman–Crippen MR) is 84.7 cm³/mol. The minimum atomic E-state index is 0.176. The molecule has 1 heterocycles. The lowest BCUT2D eigenvalue weighted by atomic mass is 10.1. The van der Waals surface area contributed by atoms with E-state index in [2.05, 4.69) is 18.4 Å². The summed E-state index contributed by atoms with van der Waals surface area (Å²) in [7, 11) is 1.87. The van der Waals surface area contributed by atoms with Crippen molar-refractivity contribution in [2.24, 2.45) is 0 Å². The Labute approximate surface area is 124 Å². The van der Waals surface area contributed by atoms with Gasteiger partial charge in [-0.1, -0.05) is 12.1 Å². The highest BCUT2D eigenvalue weighted by atomic mass is 32.1. The van der Waals surface area contributed by atoms with Crippen LogP contribution in [0.25, 0.3) is 0 Å². The first kappa shape index (κ1) is 14.6. The Balaban J connectivity index is 1.85. The van der Waals surface area contributed by atoms with Gasteiger partial charge in [0.2, 0.25) is 5.91 Å². The number of nitrogen functional groups attached to an aromatic ring is 1. The van der Waals surface area contributed by atoms with Gasteiger partial charge in [0.15, 0.2) is 0 Å². The zero-order valence-electron chi connectivity index (χ0n) is 11.9. The molecular weight excluding hydrogens is 268 g/mol. The van der Waals surface area contributed by atoms with E-state index in [0.29, 0.717) is 13.0 Å². The maximum absolute atomic E-state index is 12.1. The molecule has 0 aliphatic heterocycles. The van der Waals surface area contributed by atoms with Crippen molar-refractivity contribution >= 4 is 22.9 Å². The summed E-state index contributed by atoms with van der Waals surface area (Å²) in [5.74, 6) is 0.176. The molecular formula is C16H20N2OS. The van der Waals surface area contributed by atoms with Crippen molar-refractivity contribution in [1.29, 1.82) is 0 Å². The Morgan fingerprint density at radius 3 is 2.55 bits per heavy atom. The molecule has 0 aliphatic rings. The van der Waals surface area contributed by atoms with Crippen LogP contribution >= 0.6 is 11.3 Å². The second-order valence-corrected chi connectivity index (χ2v) is 6.02. The molecule has 2 N–H and O–H groups in total. The van der Waals surface area contributed by atoms with Gasteiger partial charge in [0.05, 0.1) is 6.54 Å². The number of benzene rings is 1. The number of aryl methyl sites for hydroxylation is 2. The topological polar surface area (TPSA) is 46.3 Å². The molecule has 0 radical (unpaired) electrons. The second-order valence-electron chi connectivity index (χ2n) is 5.02. The molecule has 0 saturated carbocycles. The fraction of sp³-hybridized carbons (Fsp3) is 0.312. The van der Waals surface area contributed by atoms with E-state index in [9.17, 15) is 4.79 Å². The number of amides is 1. The first-order chi connectivity index (χ1) is 9.56. The molecule has 0 bridgehead atoms. The van der Waals surface area contributed by atoms with Crippen LogP contribution in [0.3, 0.4) is 0 Å². The van der Waals surface area contributed by atoms with Crippen LogP contribution in [0.15, 0.2) is 35.7 Å². The van der Waals surface area contributed by atoms with Gasteiger partial charge in [-0.15, -0.1) is 11.3 Å². The van der Waals surface area contributed by atoms with Crippen molar-refractivity contribution in [3.63, 3.8) is 0 Å². The van der Waals surface area contributed by atoms with Crippen molar-refractivity contribution in [2.75, 3.05) is 12.8 Å². The lowest BCUT2D eigenvalue weighted by Gasteiger charge is -2.17. The van der Waals surface area contributed by atoms with Crippen molar-refractivity contribution in [1.82, 2.24) is 4.90 Å². The zero-order valence-corrected chi connectivity index (χ0v) is 12.7. The monoisotopic (exact) mass is 288 g/mol. The fourth-order valence-electron chi connectivity index (χ4n) is 2.00. The maximum Gasteiger partial charge on any atom is 0.222 e. The van der Waals surface area contributed by atoms with Gasteiger partial charge in [0.25, 0.3) is 0 Å². The summed E-state index contributed by atoms with van der Waals surface area (Å²) in [6, 6.07) is 9.79. The van der Waals surface area contributed by atoms with Gasteiger partial charge in [-0.05, 0) is 48.1 Å². The molecule has 0 unspecified atom stereocenters. The average molecular weight is 288 g/mol. The average Bonchev–Trinajstić information content (AvgIpc) is 2.83. The Hall–Kier alpha value is -1.81. The van der Waals surface area contributed by atoms with Crippen LogP contribution in [-0.4, -0.2) is 17.9 Å². The molecule has 1 aromatic heterocycles. The van der Waals surface area contributed by atoms with E-state index in [4.69, 9.17) is 5.73 Å². The molecule has 1 aromatic carbocycles. The van der Waals surface area contributed by atoms with E-state index in [-0.39, 0.29) is 5.91 Å². The molecule has 0 aliphatic carbocycles. The summed E-state index contributed by atoms with van der Waals surface area (Å²) in [6.45, 7) is 2.78. The van der Waals surface area contributed by atoms with E-state index < -0.39 is 0 Å². The van der Waals surface area contributed by atoms with Gasteiger partial charge in [-0.25, -0.2) is 0 Å². The molecule has 0 spiro atoms. The number of hydrogen-bond donors (Lipinski definition) is 1. The largest absolute Gasteiger partial charge is 0.399 e. The summed E-state index contributed by atoms with van der Waals surface area (Å²) < 4.78 is 0. The van der Waals surface area contributed by atoms with Gasteiger partial charge < -0.3 is 10.6 Å². The fourth-order valence-corrected chi connectivity index (χ4v) is 2.95. The first-order valence-corrected chi connectivity index (χ1v) is 7.55. The number of thiophene rings is 1. The van der Waals surface area contributed by atoms with Gasteiger partial charge in [-0.3, -0.25) is 4.79 Å². The number of nitrogens with zero attached hydrogens (tertiary/aromatic N) is 1. The number of hydrogen-bond acceptors (Lipinski definition) is 3. The van der Waals surface area contributed by atoms with Crippen molar-refractivity contribution in [3.05, 3.63) is 51.7 Å². The van der Waals surface area contributed by atoms with Crippen molar-refractivity contribution in [2.45, 2.75) is 26.3 Å².